The molecule has 0 saturated heterocycles. The van der Waals surface area contributed by atoms with Gasteiger partial charge in [0.05, 0.1) is 17.1 Å². The van der Waals surface area contributed by atoms with Gasteiger partial charge in [0, 0.05) is 31.3 Å². The fourth-order valence-electron chi connectivity index (χ4n) is 4.04. The predicted molar refractivity (Wildman–Crippen MR) is 89.5 cm³/mol. The lowest BCUT2D eigenvalue weighted by Gasteiger charge is -2.31. The third kappa shape index (κ3) is 1.81. The number of ether oxygens (including phenoxy) is 2. The van der Waals surface area contributed by atoms with E-state index in [1.807, 2.05) is 0 Å². The Hall–Kier alpha value is -3.01. The zero-order chi connectivity index (χ0) is 19.2. The molecule has 1 aliphatic carbocycles. The second kappa shape index (κ2) is 5.77. The summed E-state index contributed by atoms with van der Waals surface area (Å²) in [6.07, 6.45) is 0. The van der Waals surface area contributed by atoms with Crippen molar-refractivity contribution >= 4 is 11.5 Å². The van der Waals surface area contributed by atoms with Crippen LogP contribution in [0.25, 0.3) is 0 Å². The molecule has 3 atom stereocenters. The molecule has 26 heavy (non-hydrogen) atoms. The van der Waals surface area contributed by atoms with Crippen molar-refractivity contribution in [2.45, 2.75) is 25.7 Å². The number of nitriles is 2. The van der Waals surface area contributed by atoms with Crippen LogP contribution in [0.3, 0.4) is 0 Å². The number of amidine groups is 1. The molecule has 1 fully saturated rings. The van der Waals surface area contributed by atoms with Gasteiger partial charge in [0.15, 0.2) is 5.41 Å². The number of nitro benzene ring substituents is 1. The van der Waals surface area contributed by atoms with Crippen molar-refractivity contribution in [3.8, 4) is 12.1 Å². The average molecular weight is 355 g/mol. The van der Waals surface area contributed by atoms with E-state index in [2.05, 4.69) is 17.1 Å². The van der Waals surface area contributed by atoms with Crippen LogP contribution in [0.15, 0.2) is 29.3 Å². The molecule has 1 saturated carbocycles. The first-order chi connectivity index (χ1) is 12.4. The minimum Gasteiger partial charge on any atom is -0.386 e. The van der Waals surface area contributed by atoms with E-state index in [1.165, 1.54) is 24.3 Å². The molecule has 0 radical (unpaired) electrons. The van der Waals surface area contributed by atoms with Crippen LogP contribution in [0.2, 0.25) is 0 Å². The molecule has 9 heteroatoms. The Morgan fingerprint density at radius 2 is 1.81 bits per heavy atom. The summed E-state index contributed by atoms with van der Waals surface area (Å²) in [5, 5.41) is 30.8. The number of aliphatic imine (C=N–C) groups is 1. The maximum atomic E-state index is 10.9. The van der Waals surface area contributed by atoms with E-state index in [0.29, 0.717) is 5.56 Å². The summed E-state index contributed by atoms with van der Waals surface area (Å²) in [5.41, 5.74) is 3.70. The van der Waals surface area contributed by atoms with Gasteiger partial charge >= 0.3 is 0 Å². The second-order valence-corrected chi connectivity index (χ2v) is 6.07. The van der Waals surface area contributed by atoms with E-state index in [-0.39, 0.29) is 24.7 Å². The van der Waals surface area contributed by atoms with Gasteiger partial charge in [0.2, 0.25) is 0 Å². The smallest absolute Gasteiger partial charge is 0.293 e. The fraction of sp³-hybridized carbons (Fsp3) is 0.471. The lowest BCUT2D eigenvalue weighted by molar-refractivity contribution is -0.384. The third-order valence-electron chi connectivity index (χ3n) is 5.04. The number of hydrogen-bond acceptors (Lipinski definition) is 8. The molecule has 0 bridgehead atoms. The van der Waals surface area contributed by atoms with Crippen LogP contribution in [0.1, 0.15) is 25.3 Å². The number of nitrogens with two attached hydrogens (primary N) is 1. The Balaban J connectivity index is 2.17. The summed E-state index contributed by atoms with van der Waals surface area (Å²) in [4.78, 5) is 14.6. The molecule has 134 valence electrons. The number of nitrogens with zero attached hydrogens (tertiary/aromatic N) is 4. The van der Waals surface area contributed by atoms with Gasteiger partial charge in [-0.05, 0) is 19.4 Å². The van der Waals surface area contributed by atoms with Crippen LogP contribution in [0.4, 0.5) is 5.69 Å². The van der Waals surface area contributed by atoms with Gasteiger partial charge in [0.25, 0.3) is 11.6 Å². The number of fused-ring (bicyclic) bond motifs is 1. The Morgan fingerprint density at radius 3 is 2.23 bits per heavy atom. The first-order valence-corrected chi connectivity index (χ1v) is 8.11. The lowest BCUT2D eigenvalue weighted by Crippen LogP contribution is -2.43. The van der Waals surface area contributed by atoms with E-state index in [1.54, 1.807) is 13.8 Å². The molecule has 1 aromatic rings. The highest BCUT2D eigenvalue weighted by Crippen LogP contribution is 2.81. The van der Waals surface area contributed by atoms with Gasteiger partial charge in [-0.1, -0.05) is 12.1 Å². The molecule has 0 spiro atoms. The van der Waals surface area contributed by atoms with Crippen LogP contribution < -0.4 is 5.73 Å². The number of nitro groups is 1. The van der Waals surface area contributed by atoms with Gasteiger partial charge in [0.1, 0.15) is 11.3 Å². The Kier molecular flexibility index (Phi) is 3.95. The van der Waals surface area contributed by atoms with Crippen LogP contribution in [0.5, 0.6) is 0 Å². The molecule has 0 amide bonds. The topological polar surface area (TPSA) is 148 Å². The molecule has 0 aromatic heterocycles. The fourth-order valence-corrected chi connectivity index (χ4v) is 4.04. The Bertz CT molecular complexity index is 863. The lowest BCUT2D eigenvalue weighted by atomic mass is 9.93. The van der Waals surface area contributed by atoms with Crippen LogP contribution >= 0.6 is 0 Å². The molecule has 0 unspecified atom stereocenters. The zero-order valence-corrected chi connectivity index (χ0v) is 14.3. The maximum Gasteiger partial charge on any atom is 0.293 e. The van der Waals surface area contributed by atoms with E-state index in [9.17, 15) is 20.6 Å². The highest BCUT2D eigenvalue weighted by atomic mass is 16.7. The Morgan fingerprint density at radius 1 is 1.23 bits per heavy atom. The van der Waals surface area contributed by atoms with Crippen molar-refractivity contribution < 1.29 is 14.4 Å². The highest BCUT2D eigenvalue weighted by molar-refractivity contribution is 6.00. The van der Waals surface area contributed by atoms with Gasteiger partial charge in [-0.25, -0.2) is 4.99 Å². The quantitative estimate of drug-likeness (QED) is 0.464. The second-order valence-electron chi connectivity index (χ2n) is 6.07. The van der Waals surface area contributed by atoms with Crippen molar-refractivity contribution in [3.63, 3.8) is 0 Å². The molecule has 1 aliphatic heterocycles. The minimum absolute atomic E-state index is 0.0215. The van der Waals surface area contributed by atoms with E-state index in [0.717, 1.165) is 0 Å². The van der Waals surface area contributed by atoms with Gasteiger partial charge in [-0.2, -0.15) is 10.5 Å². The van der Waals surface area contributed by atoms with Gasteiger partial charge in [-0.3, -0.25) is 10.1 Å². The first kappa shape index (κ1) is 17.8. The number of benzene rings is 1. The van der Waals surface area contributed by atoms with E-state index in [4.69, 9.17) is 15.2 Å². The first-order valence-electron chi connectivity index (χ1n) is 8.11. The highest BCUT2D eigenvalue weighted by Gasteiger charge is 2.93. The maximum absolute atomic E-state index is 10.9. The van der Waals surface area contributed by atoms with Crippen molar-refractivity contribution in [2.24, 2.45) is 21.6 Å². The van der Waals surface area contributed by atoms with E-state index < -0.39 is 27.6 Å². The third-order valence-corrected chi connectivity index (χ3v) is 5.04. The molecule has 1 aromatic carbocycles. The zero-order valence-electron chi connectivity index (χ0n) is 14.3. The molecule has 2 N–H and O–H groups in total. The van der Waals surface area contributed by atoms with Crippen molar-refractivity contribution in [2.75, 3.05) is 13.2 Å². The van der Waals surface area contributed by atoms with Gasteiger partial charge in [-0.15, -0.1) is 0 Å². The molecular weight excluding hydrogens is 338 g/mol. The standard InChI is InChI=1S/C17H17N5O4/c1-3-25-17(26-4-2)16(10-19)13(15(16,9-18)14(20)21-17)11-5-7-12(8-6-11)22(23)24/h5-8,13H,3-4H2,1-2H3,(H2,20,21)/t13-,15+,16+/m0/s1. The SMILES string of the molecule is CCOC1(OCC)N=C(N)[C@@]2(C#N)[C@H](c3ccc([N+](=O)[O-])cc3)[C@@]12C#N. The van der Waals surface area contributed by atoms with E-state index >= 15 is 0 Å². The van der Waals surface area contributed by atoms with Gasteiger partial charge < -0.3 is 15.2 Å². The number of non-ortho nitro benzene ring substituents is 1. The summed E-state index contributed by atoms with van der Waals surface area (Å²) < 4.78 is 11.4. The summed E-state index contributed by atoms with van der Waals surface area (Å²) in [7, 11) is 0. The monoisotopic (exact) mass is 355 g/mol. The van der Waals surface area contributed by atoms with Crippen molar-refractivity contribution in [3.05, 3.63) is 39.9 Å². The number of hydrogen-bond donors (Lipinski definition) is 1. The van der Waals surface area contributed by atoms with Crippen molar-refractivity contribution in [1.82, 2.24) is 0 Å². The summed E-state index contributed by atoms with van der Waals surface area (Å²) in [5.74, 6) is -2.37. The summed E-state index contributed by atoms with van der Waals surface area (Å²) >= 11 is 0. The average Bonchev–Trinajstić information content (AvgIpc) is 3.21. The van der Waals surface area contributed by atoms with Crippen LogP contribution in [-0.2, 0) is 9.47 Å². The largest absolute Gasteiger partial charge is 0.386 e. The van der Waals surface area contributed by atoms with Crippen LogP contribution in [-0.4, -0.2) is 29.9 Å². The van der Waals surface area contributed by atoms with Crippen LogP contribution in [0, 0.1) is 43.6 Å². The molecule has 3 rings (SSSR count). The summed E-state index contributed by atoms with van der Waals surface area (Å²) in [6, 6.07) is 10.0. The molecule has 9 nitrogen and oxygen atoms in total. The van der Waals surface area contributed by atoms with Crippen molar-refractivity contribution in [1.29, 1.82) is 10.5 Å². The summed E-state index contributed by atoms with van der Waals surface area (Å²) in [6.45, 7) is 3.86. The molecule has 2 aliphatic rings. The normalized spacial score (nSPS) is 30.6. The predicted octanol–water partition coefficient (Wildman–Crippen LogP) is 1.81. The number of rotatable bonds is 6. The minimum atomic E-state index is -1.68. The molecule has 1 heterocycles. The Labute approximate surface area is 149 Å². The molecular formula is C17H17N5O4.